The molecule has 0 atom stereocenters. The lowest BCUT2D eigenvalue weighted by Crippen LogP contribution is -2.15. The maximum Gasteiger partial charge on any atom is 0.130 e. The number of halogens is 2. The Morgan fingerprint density at radius 3 is 1.75 bits per heavy atom. The molecule has 0 saturated heterocycles. The molecule has 0 saturated carbocycles. The number of hydrogen-bond acceptors (Lipinski definition) is 0. The second kappa shape index (κ2) is 2.85. The number of benzene rings is 1. The van der Waals surface area contributed by atoms with E-state index in [2.05, 4.69) is 6.07 Å². The molecule has 1 rings (SSSR count). The van der Waals surface area contributed by atoms with Crippen molar-refractivity contribution in [2.45, 2.75) is 26.2 Å². The van der Waals surface area contributed by atoms with Gasteiger partial charge in [0, 0.05) is 5.56 Å². The summed E-state index contributed by atoms with van der Waals surface area (Å²) < 4.78 is 26.2. The van der Waals surface area contributed by atoms with Crippen LogP contribution in [0.5, 0.6) is 0 Å². The van der Waals surface area contributed by atoms with Crippen LogP contribution in [-0.2, 0) is 5.41 Å². The molecule has 1 aromatic carbocycles. The third kappa shape index (κ3) is 1.63. The first-order valence-corrected chi connectivity index (χ1v) is 3.78. The first-order chi connectivity index (χ1) is 5.43. The van der Waals surface area contributed by atoms with E-state index in [0.29, 0.717) is 0 Å². The molecule has 0 amide bonds. The summed E-state index contributed by atoms with van der Waals surface area (Å²) in [5, 5.41) is 0. The summed E-state index contributed by atoms with van der Waals surface area (Å²) in [5.74, 6) is -1.05. The summed E-state index contributed by atoms with van der Waals surface area (Å²) >= 11 is 0. The quantitative estimate of drug-likeness (QED) is 0.560. The van der Waals surface area contributed by atoms with E-state index >= 15 is 0 Å². The van der Waals surface area contributed by atoms with Gasteiger partial charge in [-0.1, -0.05) is 20.8 Å². The highest BCUT2D eigenvalue weighted by Gasteiger charge is 2.22. The van der Waals surface area contributed by atoms with Crippen LogP contribution < -0.4 is 0 Å². The van der Waals surface area contributed by atoms with Crippen LogP contribution >= 0.6 is 0 Å². The summed E-state index contributed by atoms with van der Waals surface area (Å²) in [7, 11) is 0. The Kier molecular flexibility index (Phi) is 2.18. The zero-order valence-electron chi connectivity index (χ0n) is 7.41. The zero-order valence-corrected chi connectivity index (χ0v) is 7.41. The van der Waals surface area contributed by atoms with E-state index in [0.717, 1.165) is 12.1 Å². The van der Waals surface area contributed by atoms with Crippen molar-refractivity contribution in [3.8, 4) is 0 Å². The van der Waals surface area contributed by atoms with E-state index in [1.165, 1.54) is 0 Å². The monoisotopic (exact) mass is 169 g/mol. The van der Waals surface area contributed by atoms with E-state index in [-0.39, 0.29) is 5.56 Å². The summed E-state index contributed by atoms with van der Waals surface area (Å²) in [6.45, 7) is 5.32. The Morgan fingerprint density at radius 1 is 1.08 bits per heavy atom. The minimum atomic E-state index is -0.525. The van der Waals surface area contributed by atoms with Crippen molar-refractivity contribution < 1.29 is 8.78 Å². The fourth-order valence-corrected chi connectivity index (χ4v) is 1.16. The maximum absolute atomic E-state index is 13.1. The first kappa shape index (κ1) is 9.17. The fourth-order valence-electron chi connectivity index (χ4n) is 1.16. The third-order valence-corrected chi connectivity index (χ3v) is 1.65. The molecule has 0 spiro atoms. The number of hydrogen-bond donors (Lipinski definition) is 0. The van der Waals surface area contributed by atoms with Crippen molar-refractivity contribution in [3.05, 3.63) is 35.4 Å². The van der Waals surface area contributed by atoms with Crippen molar-refractivity contribution in [1.82, 2.24) is 0 Å². The predicted octanol–water partition coefficient (Wildman–Crippen LogP) is 3.06. The van der Waals surface area contributed by atoms with Gasteiger partial charge in [-0.05, 0) is 23.6 Å². The molecule has 65 valence electrons. The lowest BCUT2D eigenvalue weighted by molar-refractivity contribution is 0.475. The molecule has 0 aliphatic heterocycles. The van der Waals surface area contributed by atoms with E-state index in [9.17, 15) is 8.78 Å². The molecule has 12 heavy (non-hydrogen) atoms. The Bertz CT molecular complexity index is 264. The highest BCUT2D eigenvalue weighted by atomic mass is 19.1. The van der Waals surface area contributed by atoms with Gasteiger partial charge in [0.05, 0.1) is 0 Å². The second-order valence-corrected chi connectivity index (χ2v) is 3.78. The van der Waals surface area contributed by atoms with Crippen molar-refractivity contribution in [2.24, 2.45) is 0 Å². The van der Waals surface area contributed by atoms with Crippen LogP contribution in [-0.4, -0.2) is 0 Å². The molecule has 0 aliphatic rings. The van der Waals surface area contributed by atoms with E-state index in [1.54, 1.807) is 20.8 Å². The minimum absolute atomic E-state index is 0.126. The smallest absolute Gasteiger partial charge is 0.130 e. The van der Waals surface area contributed by atoms with Crippen LogP contribution in [0.1, 0.15) is 26.3 Å². The topological polar surface area (TPSA) is 0 Å². The summed E-state index contributed by atoms with van der Waals surface area (Å²) in [6, 6.07) is 4.70. The van der Waals surface area contributed by atoms with E-state index in [4.69, 9.17) is 0 Å². The largest absolute Gasteiger partial charge is 0.207 e. The Balaban J connectivity index is 3.31. The molecular formula is C10H11F2. The lowest BCUT2D eigenvalue weighted by atomic mass is 9.86. The summed E-state index contributed by atoms with van der Waals surface area (Å²) in [5.41, 5.74) is -0.371. The molecule has 0 nitrogen and oxygen atoms in total. The van der Waals surface area contributed by atoms with Gasteiger partial charge in [-0.15, -0.1) is 0 Å². The van der Waals surface area contributed by atoms with Gasteiger partial charge in [0.1, 0.15) is 11.6 Å². The van der Waals surface area contributed by atoms with Gasteiger partial charge in [-0.2, -0.15) is 0 Å². The van der Waals surface area contributed by atoms with E-state index < -0.39 is 17.0 Å². The summed E-state index contributed by atoms with van der Waals surface area (Å²) in [4.78, 5) is 0. The molecule has 0 unspecified atom stereocenters. The van der Waals surface area contributed by atoms with Crippen LogP contribution in [0.15, 0.2) is 12.1 Å². The molecule has 0 heterocycles. The van der Waals surface area contributed by atoms with Gasteiger partial charge in [0.25, 0.3) is 0 Å². The van der Waals surface area contributed by atoms with Gasteiger partial charge in [-0.3, -0.25) is 0 Å². The normalized spacial score (nSPS) is 11.8. The van der Waals surface area contributed by atoms with Gasteiger partial charge in [0.15, 0.2) is 0 Å². The van der Waals surface area contributed by atoms with Gasteiger partial charge >= 0.3 is 0 Å². The van der Waals surface area contributed by atoms with Crippen LogP contribution in [0.3, 0.4) is 0 Å². The van der Waals surface area contributed by atoms with Crippen molar-refractivity contribution in [3.63, 3.8) is 0 Å². The molecular weight excluding hydrogens is 158 g/mol. The fraction of sp³-hybridized carbons (Fsp3) is 0.400. The molecule has 1 radical (unpaired) electrons. The van der Waals surface area contributed by atoms with Crippen molar-refractivity contribution in [2.75, 3.05) is 0 Å². The third-order valence-electron chi connectivity index (χ3n) is 1.65. The average molecular weight is 169 g/mol. The van der Waals surface area contributed by atoms with Gasteiger partial charge in [0.2, 0.25) is 0 Å². The van der Waals surface area contributed by atoms with Crippen LogP contribution in [0.4, 0.5) is 8.78 Å². The molecule has 0 aliphatic carbocycles. The summed E-state index contributed by atoms with van der Waals surface area (Å²) in [6.07, 6.45) is 0. The first-order valence-electron chi connectivity index (χ1n) is 3.78. The van der Waals surface area contributed by atoms with Gasteiger partial charge < -0.3 is 0 Å². The standard InChI is InChI=1S/C10H11F2/c1-10(2,3)9-7(11)5-4-6-8(9)12/h5-6H,1-3H3. The Labute approximate surface area is 71.2 Å². The van der Waals surface area contributed by atoms with Gasteiger partial charge in [-0.25, -0.2) is 8.78 Å². The highest BCUT2D eigenvalue weighted by molar-refractivity contribution is 5.25. The predicted molar refractivity (Wildman–Crippen MR) is 43.9 cm³/mol. The lowest BCUT2D eigenvalue weighted by Gasteiger charge is -2.19. The highest BCUT2D eigenvalue weighted by Crippen LogP contribution is 2.26. The van der Waals surface area contributed by atoms with E-state index in [1.807, 2.05) is 0 Å². The van der Waals surface area contributed by atoms with Crippen LogP contribution in [0.2, 0.25) is 0 Å². The minimum Gasteiger partial charge on any atom is -0.207 e. The second-order valence-electron chi connectivity index (χ2n) is 3.78. The molecule has 0 aromatic heterocycles. The Morgan fingerprint density at radius 2 is 1.50 bits per heavy atom. The zero-order chi connectivity index (χ0) is 9.35. The van der Waals surface area contributed by atoms with Crippen LogP contribution in [0, 0.1) is 17.7 Å². The molecule has 0 bridgehead atoms. The maximum atomic E-state index is 13.1. The molecule has 2 heteroatoms. The van der Waals surface area contributed by atoms with Crippen LogP contribution in [0.25, 0.3) is 0 Å². The van der Waals surface area contributed by atoms with Crippen molar-refractivity contribution in [1.29, 1.82) is 0 Å². The number of rotatable bonds is 0. The molecule has 1 aromatic rings. The molecule has 0 N–H and O–H groups in total. The van der Waals surface area contributed by atoms with Crippen molar-refractivity contribution >= 4 is 0 Å². The molecule has 0 fully saturated rings. The Hall–Kier alpha value is -0.920. The average Bonchev–Trinajstić information content (AvgIpc) is 1.82. The SMILES string of the molecule is CC(C)(C)c1c(F)c[c]cc1F.